The molecular formula is C15H24ClN3O. The Labute approximate surface area is 126 Å². The molecule has 0 aliphatic heterocycles. The lowest BCUT2D eigenvalue weighted by Gasteiger charge is -2.28. The lowest BCUT2D eigenvalue weighted by molar-refractivity contribution is -0.117. The van der Waals surface area contributed by atoms with Crippen LogP contribution in [0.2, 0.25) is 5.02 Å². The summed E-state index contributed by atoms with van der Waals surface area (Å²) >= 11 is 6.03. The Morgan fingerprint density at radius 1 is 1.45 bits per heavy atom. The van der Waals surface area contributed by atoms with E-state index in [0.717, 1.165) is 17.8 Å². The third kappa shape index (κ3) is 5.12. The van der Waals surface area contributed by atoms with Gasteiger partial charge < -0.3 is 11.1 Å². The molecule has 0 unspecified atom stereocenters. The molecule has 1 aromatic rings. The zero-order valence-corrected chi connectivity index (χ0v) is 13.4. The lowest BCUT2D eigenvalue weighted by Crippen LogP contribution is -2.40. The monoisotopic (exact) mass is 297 g/mol. The van der Waals surface area contributed by atoms with E-state index in [1.165, 1.54) is 0 Å². The highest BCUT2D eigenvalue weighted by Crippen LogP contribution is 2.22. The molecule has 5 heteroatoms. The molecule has 1 amide bonds. The molecule has 0 aliphatic rings. The minimum absolute atomic E-state index is 0.000994. The number of rotatable bonds is 6. The molecule has 0 heterocycles. The average molecular weight is 298 g/mol. The van der Waals surface area contributed by atoms with E-state index in [9.17, 15) is 4.79 Å². The Morgan fingerprint density at radius 2 is 2.10 bits per heavy atom. The third-order valence-corrected chi connectivity index (χ3v) is 3.62. The van der Waals surface area contributed by atoms with Gasteiger partial charge in [0.15, 0.2) is 0 Å². The molecule has 0 bridgehead atoms. The number of likely N-dealkylation sites (N-methyl/N-ethyl adjacent to an activating group) is 1. The van der Waals surface area contributed by atoms with Gasteiger partial charge in [0, 0.05) is 17.3 Å². The molecule has 0 aromatic heterocycles. The molecular weight excluding hydrogens is 274 g/mol. The minimum Gasteiger partial charge on any atom is -0.330 e. The number of nitrogens with two attached hydrogens (primary N) is 1. The Hall–Kier alpha value is -1.10. The fraction of sp³-hybridized carbons (Fsp3) is 0.533. The van der Waals surface area contributed by atoms with Gasteiger partial charge in [-0.2, -0.15) is 0 Å². The molecule has 0 radical (unpaired) electrons. The fourth-order valence-electron chi connectivity index (χ4n) is 2.03. The first-order valence-electron chi connectivity index (χ1n) is 6.69. The van der Waals surface area contributed by atoms with Gasteiger partial charge in [-0.1, -0.05) is 31.5 Å². The topological polar surface area (TPSA) is 58.4 Å². The highest BCUT2D eigenvalue weighted by molar-refractivity contribution is 6.31. The van der Waals surface area contributed by atoms with Crippen molar-refractivity contribution in [2.45, 2.75) is 20.8 Å². The van der Waals surface area contributed by atoms with E-state index in [-0.39, 0.29) is 11.3 Å². The number of hydrogen-bond acceptors (Lipinski definition) is 3. The quantitative estimate of drug-likeness (QED) is 0.848. The molecule has 0 atom stereocenters. The molecule has 3 N–H and O–H groups in total. The van der Waals surface area contributed by atoms with Gasteiger partial charge in [0.1, 0.15) is 0 Å². The van der Waals surface area contributed by atoms with Crippen molar-refractivity contribution in [1.29, 1.82) is 0 Å². The second kappa shape index (κ2) is 7.07. The first-order valence-corrected chi connectivity index (χ1v) is 7.06. The zero-order chi connectivity index (χ0) is 15.3. The van der Waals surface area contributed by atoms with Crippen LogP contribution in [0.5, 0.6) is 0 Å². The van der Waals surface area contributed by atoms with E-state index in [1.54, 1.807) is 0 Å². The number of nitrogens with one attached hydrogen (secondary N) is 1. The van der Waals surface area contributed by atoms with Crippen LogP contribution in [-0.2, 0) is 4.79 Å². The normalized spacial score (nSPS) is 11.8. The highest BCUT2D eigenvalue weighted by Gasteiger charge is 2.19. The van der Waals surface area contributed by atoms with Crippen LogP contribution in [0.4, 0.5) is 5.69 Å². The molecule has 0 aliphatic carbocycles. The van der Waals surface area contributed by atoms with Gasteiger partial charge in [-0.05, 0) is 43.6 Å². The molecule has 0 spiro atoms. The van der Waals surface area contributed by atoms with Crippen LogP contribution in [0.15, 0.2) is 18.2 Å². The Morgan fingerprint density at radius 3 is 2.70 bits per heavy atom. The Bertz CT molecular complexity index is 474. The summed E-state index contributed by atoms with van der Waals surface area (Å²) in [5.74, 6) is -0.0503. The van der Waals surface area contributed by atoms with Crippen molar-refractivity contribution < 1.29 is 4.79 Å². The predicted molar refractivity (Wildman–Crippen MR) is 85.2 cm³/mol. The van der Waals surface area contributed by atoms with E-state index in [1.807, 2.05) is 37.1 Å². The van der Waals surface area contributed by atoms with Crippen LogP contribution in [0.25, 0.3) is 0 Å². The maximum atomic E-state index is 12.0. The fourth-order valence-corrected chi connectivity index (χ4v) is 2.20. The number of amides is 1. The summed E-state index contributed by atoms with van der Waals surface area (Å²) in [4.78, 5) is 14.0. The summed E-state index contributed by atoms with van der Waals surface area (Å²) < 4.78 is 0. The SMILES string of the molecule is Cc1c(Cl)cccc1NC(=O)CN(C)CC(C)(C)CN. The number of carbonyl (C=O) groups excluding carboxylic acids is 1. The van der Waals surface area contributed by atoms with Crippen molar-refractivity contribution in [3.8, 4) is 0 Å². The molecule has 1 aromatic carbocycles. The molecule has 20 heavy (non-hydrogen) atoms. The molecule has 0 saturated carbocycles. The van der Waals surface area contributed by atoms with Gasteiger partial charge in [0.2, 0.25) is 5.91 Å². The van der Waals surface area contributed by atoms with Gasteiger partial charge in [-0.3, -0.25) is 9.69 Å². The van der Waals surface area contributed by atoms with E-state index in [4.69, 9.17) is 17.3 Å². The van der Waals surface area contributed by atoms with Crippen molar-refractivity contribution >= 4 is 23.2 Å². The van der Waals surface area contributed by atoms with Crippen LogP contribution in [-0.4, -0.2) is 37.5 Å². The molecule has 112 valence electrons. The second-order valence-corrected chi connectivity index (χ2v) is 6.41. The Balaban J connectivity index is 2.58. The molecule has 0 fully saturated rings. The number of benzene rings is 1. The van der Waals surface area contributed by atoms with Crippen molar-refractivity contribution in [3.63, 3.8) is 0 Å². The Kier molecular flexibility index (Phi) is 5.99. The summed E-state index contributed by atoms with van der Waals surface area (Å²) in [6.07, 6.45) is 0. The molecule has 0 saturated heterocycles. The highest BCUT2D eigenvalue weighted by atomic mass is 35.5. The van der Waals surface area contributed by atoms with Gasteiger partial charge in [0.05, 0.1) is 6.54 Å². The standard InChI is InChI=1S/C15H24ClN3O/c1-11-12(16)6-5-7-13(11)18-14(20)8-19(4)10-15(2,3)9-17/h5-7H,8-10,17H2,1-4H3,(H,18,20). The van der Waals surface area contributed by atoms with Crippen LogP contribution in [0.1, 0.15) is 19.4 Å². The summed E-state index contributed by atoms with van der Waals surface area (Å²) in [6.45, 7) is 7.75. The van der Waals surface area contributed by atoms with E-state index >= 15 is 0 Å². The zero-order valence-electron chi connectivity index (χ0n) is 12.7. The van der Waals surface area contributed by atoms with Crippen molar-refractivity contribution in [2.75, 3.05) is 32.0 Å². The summed E-state index contributed by atoms with van der Waals surface area (Å²) in [6, 6.07) is 5.48. The van der Waals surface area contributed by atoms with Gasteiger partial charge in [-0.25, -0.2) is 0 Å². The van der Waals surface area contributed by atoms with Crippen molar-refractivity contribution in [2.24, 2.45) is 11.1 Å². The smallest absolute Gasteiger partial charge is 0.238 e. The third-order valence-electron chi connectivity index (χ3n) is 3.21. The number of carbonyl (C=O) groups is 1. The first kappa shape index (κ1) is 17.0. The van der Waals surface area contributed by atoms with Gasteiger partial charge >= 0.3 is 0 Å². The summed E-state index contributed by atoms with van der Waals surface area (Å²) in [7, 11) is 1.92. The largest absolute Gasteiger partial charge is 0.330 e. The first-order chi connectivity index (χ1) is 9.25. The minimum atomic E-state index is -0.0503. The molecule has 4 nitrogen and oxygen atoms in total. The van der Waals surface area contributed by atoms with Gasteiger partial charge in [0.25, 0.3) is 0 Å². The van der Waals surface area contributed by atoms with Gasteiger partial charge in [-0.15, -0.1) is 0 Å². The number of hydrogen-bond donors (Lipinski definition) is 2. The maximum Gasteiger partial charge on any atom is 0.238 e. The van der Waals surface area contributed by atoms with Crippen LogP contribution in [0.3, 0.4) is 0 Å². The maximum absolute atomic E-state index is 12.0. The number of anilines is 1. The number of halogens is 1. The second-order valence-electron chi connectivity index (χ2n) is 6.00. The van der Waals surface area contributed by atoms with E-state index in [0.29, 0.717) is 18.1 Å². The van der Waals surface area contributed by atoms with Crippen LogP contribution < -0.4 is 11.1 Å². The predicted octanol–water partition coefficient (Wildman–Crippen LogP) is 2.50. The summed E-state index contributed by atoms with van der Waals surface area (Å²) in [5.41, 5.74) is 7.34. The summed E-state index contributed by atoms with van der Waals surface area (Å²) in [5, 5.41) is 3.54. The van der Waals surface area contributed by atoms with E-state index in [2.05, 4.69) is 19.2 Å². The number of nitrogens with zero attached hydrogens (tertiary/aromatic N) is 1. The average Bonchev–Trinajstić information content (AvgIpc) is 2.34. The van der Waals surface area contributed by atoms with E-state index < -0.39 is 0 Å². The van der Waals surface area contributed by atoms with Crippen LogP contribution >= 0.6 is 11.6 Å². The lowest BCUT2D eigenvalue weighted by atomic mass is 9.93. The van der Waals surface area contributed by atoms with Crippen molar-refractivity contribution in [1.82, 2.24) is 4.90 Å². The molecule has 1 rings (SSSR count). The van der Waals surface area contributed by atoms with Crippen LogP contribution in [0, 0.1) is 12.3 Å². The van der Waals surface area contributed by atoms with Crippen molar-refractivity contribution in [3.05, 3.63) is 28.8 Å².